The molecule has 1 fully saturated rings. The number of amides is 1. The molecule has 0 saturated carbocycles. The van der Waals surface area contributed by atoms with Crippen LogP contribution in [0.5, 0.6) is 5.88 Å². The van der Waals surface area contributed by atoms with Gasteiger partial charge in [-0.1, -0.05) is 32.6 Å². The van der Waals surface area contributed by atoms with E-state index in [0.717, 1.165) is 62.0 Å². The van der Waals surface area contributed by atoms with Crippen LogP contribution in [0.2, 0.25) is 0 Å². The van der Waals surface area contributed by atoms with E-state index in [2.05, 4.69) is 22.2 Å². The maximum Gasteiger partial charge on any atom is 0.230 e. The number of carbonyl (C=O) groups is 1. The van der Waals surface area contributed by atoms with E-state index in [1.54, 1.807) is 13.3 Å². The third kappa shape index (κ3) is 4.98. The lowest BCUT2D eigenvalue weighted by Gasteiger charge is -2.30. The molecule has 1 saturated heterocycles. The molecule has 1 aliphatic heterocycles. The van der Waals surface area contributed by atoms with Gasteiger partial charge in [0.25, 0.3) is 0 Å². The Kier molecular flexibility index (Phi) is 7.60. The number of methoxy groups -OCH3 is 1. The lowest BCUT2D eigenvalue weighted by Crippen LogP contribution is -2.41. The summed E-state index contributed by atoms with van der Waals surface area (Å²) in [5.74, 6) is 0.832. The van der Waals surface area contributed by atoms with E-state index in [1.165, 1.54) is 19.3 Å². The zero-order valence-electron chi connectivity index (χ0n) is 17.1. The van der Waals surface area contributed by atoms with Crippen molar-refractivity contribution in [1.29, 1.82) is 0 Å². The summed E-state index contributed by atoms with van der Waals surface area (Å²) in [4.78, 5) is 24.4. The van der Waals surface area contributed by atoms with E-state index in [4.69, 9.17) is 4.74 Å². The minimum Gasteiger partial charge on any atom is -0.481 e. The van der Waals surface area contributed by atoms with Crippen molar-refractivity contribution in [3.05, 3.63) is 24.4 Å². The number of unbranched alkanes of at least 4 members (excludes halogenated alkanes) is 4. The monoisotopic (exact) mass is 384 g/mol. The number of piperidine rings is 1. The predicted octanol–water partition coefficient (Wildman–Crippen LogP) is 3.94. The van der Waals surface area contributed by atoms with Crippen LogP contribution in [0.3, 0.4) is 0 Å². The van der Waals surface area contributed by atoms with Crippen LogP contribution in [-0.4, -0.2) is 42.6 Å². The molecule has 1 amide bonds. The molecular weight excluding hydrogens is 352 g/mol. The summed E-state index contributed by atoms with van der Waals surface area (Å²) in [5, 5.41) is 3.35. The zero-order chi connectivity index (χ0) is 19.8. The Hall–Kier alpha value is -2.21. The molecule has 28 heavy (non-hydrogen) atoms. The molecule has 0 aromatic carbocycles. The number of nitrogens with one attached hydrogen (secondary N) is 1. The number of anilines is 1. The fourth-order valence-electron chi connectivity index (χ4n) is 3.84. The van der Waals surface area contributed by atoms with E-state index < -0.39 is 0 Å². The van der Waals surface area contributed by atoms with Crippen molar-refractivity contribution in [3.63, 3.8) is 0 Å². The maximum atomic E-state index is 13.4. The topological polar surface area (TPSA) is 67.4 Å². The molecule has 0 bridgehead atoms. The average molecular weight is 385 g/mol. The molecule has 6 heteroatoms. The van der Waals surface area contributed by atoms with Gasteiger partial charge in [-0.25, -0.2) is 4.98 Å². The van der Waals surface area contributed by atoms with Crippen LogP contribution in [0.1, 0.15) is 51.9 Å². The second kappa shape index (κ2) is 10.4. The Morgan fingerprint density at radius 2 is 1.96 bits per heavy atom. The number of rotatable bonds is 9. The highest BCUT2D eigenvalue weighted by Crippen LogP contribution is 2.29. The van der Waals surface area contributed by atoms with Gasteiger partial charge < -0.3 is 15.0 Å². The summed E-state index contributed by atoms with van der Waals surface area (Å²) < 4.78 is 5.31. The minimum atomic E-state index is 0.0747. The molecule has 0 unspecified atom stereocenters. The van der Waals surface area contributed by atoms with E-state index in [0.29, 0.717) is 5.88 Å². The number of pyridine rings is 2. The van der Waals surface area contributed by atoms with Gasteiger partial charge in [0.2, 0.25) is 11.8 Å². The van der Waals surface area contributed by atoms with Crippen molar-refractivity contribution in [2.24, 2.45) is 5.92 Å². The summed E-state index contributed by atoms with van der Waals surface area (Å²) >= 11 is 0. The molecule has 0 atom stereocenters. The first-order valence-corrected chi connectivity index (χ1v) is 10.6. The van der Waals surface area contributed by atoms with Gasteiger partial charge in [0.1, 0.15) is 5.52 Å². The van der Waals surface area contributed by atoms with Crippen LogP contribution in [-0.2, 0) is 4.79 Å². The quantitative estimate of drug-likeness (QED) is 0.663. The molecular formula is C22H32N4O2. The zero-order valence-corrected chi connectivity index (χ0v) is 17.1. The predicted molar refractivity (Wildman–Crippen MR) is 113 cm³/mol. The Morgan fingerprint density at radius 3 is 2.71 bits per heavy atom. The number of fused-ring (bicyclic) bond motifs is 1. The lowest BCUT2D eigenvalue weighted by atomic mass is 9.96. The number of nitrogens with zero attached hydrogens (tertiary/aromatic N) is 3. The molecule has 6 nitrogen and oxygen atoms in total. The van der Waals surface area contributed by atoms with Crippen LogP contribution < -0.4 is 15.0 Å². The SMILES string of the molecule is CCCCCCCN(C(=O)C1CCNCC1)c1ccnc2ccc(OC)nc12. The lowest BCUT2D eigenvalue weighted by molar-refractivity contribution is -0.123. The number of aromatic nitrogens is 2. The second-order valence-electron chi connectivity index (χ2n) is 7.48. The number of hydrogen-bond acceptors (Lipinski definition) is 5. The average Bonchev–Trinajstić information content (AvgIpc) is 2.76. The van der Waals surface area contributed by atoms with Crippen molar-refractivity contribution in [3.8, 4) is 5.88 Å². The summed E-state index contributed by atoms with van der Waals surface area (Å²) in [7, 11) is 1.61. The Balaban J connectivity index is 1.88. The molecule has 152 valence electrons. The summed E-state index contributed by atoms with van der Waals surface area (Å²) in [5.41, 5.74) is 2.37. The molecule has 3 rings (SSSR count). The molecule has 2 aromatic heterocycles. The van der Waals surface area contributed by atoms with E-state index in [1.807, 2.05) is 23.1 Å². The highest BCUT2D eigenvalue weighted by atomic mass is 16.5. The molecule has 1 aliphatic rings. The van der Waals surface area contributed by atoms with Crippen LogP contribution in [0.25, 0.3) is 11.0 Å². The van der Waals surface area contributed by atoms with Gasteiger partial charge in [-0.3, -0.25) is 9.78 Å². The van der Waals surface area contributed by atoms with Gasteiger partial charge in [-0.2, -0.15) is 0 Å². The summed E-state index contributed by atoms with van der Waals surface area (Å²) in [6.45, 7) is 4.76. The van der Waals surface area contributed by atoms with Gasteiger partial charge in [0.05, 0.1) is 18.3 Å². The molecule has 2 aromatic rings. The normalized spacial score (nSPS) is 14.9. The first kappa shape index (κ1) is 20.5. The highest BCUT2D eigenvalue weighted by Gasteiger charge is 2.28. The van der Waals surface area contributed by atoms with Crippen LogP contribution in [0.15, 0.2) is 24.4 Å². The van der Waals surface area contributed by atoms with E-state index in [-0.39, 0.29) is 11.8 Å². The van der Waals surface area contributed by atoms with Crippen molar-refractivity contribution in [2.45, 2.75) is 51.9 Å². The standard InChI is InChI=1S/C22H32N4O2/c1-3-4-5-6-7-16-26(22(27)17-10-13-23-14-11-17)19-12-15-24-18-8-9-20(28-2)25-21(18)19/h8-9,12,15,17,23H,3-7,10-11,13-14,16H2,1-2H3. The third-order valence-electron chi connectivity index (χ3n) is 5.48. The molecule has 0 spiro atoms. The third-order valence-corrected chi connectivity index (χ3v) is 5.48. The maximum absolute atomic E-state index is 13.4. The fraction of sp³-hybridized carbons (Fsp3) is 0.591. The van der Waals surface area contributed by atoms with Gasteiger partial charge >= 0.3 is 0 Å². The number of ether oxygens (including phenoxy) is 1. The van der Waals surface area contributed by atoms with Crippen molar-refractivity contribution < 1.29 is 9.53 Å². The first-order chi connectivity index (χ1) is 13.7. The number of carbonyl (C=O) groups excluding carboxylic acids is 1. The van der Waals surface area contributed by atoms with Gasteiger partial charge in [0.15, 0.2) is 0 Å². The summed E-state index contributed by atoms with van der Waals surface area (Å²) in [6, 6.07) is 5.63. The molecule has 3 heterocycles. The molecule has 1 N–H and O–H groups in total. The smallest absolute Gasteiger partial charge is 0.230 e. The number of hydrogen-bond donors (Lipinski definition) is 1. The fourth-order valence-corrected chi connectivity index (χ4v) is 3.84. The van der Waals surface area contributed by atoms with Gasteiger partial charge in [0, 0.05) is 24.7 Å². The highest BCUT2D eigenvalue weighted by molar-refractivity contribution is 6.02. The Morgan fingerprint density at radius 1 is 1.18 bits per heavy atom. The summed E-state index contributed by atoms with van der Waals surface area (Å²) in [6.07, 6.45) is 9.39. The second-order valence-corrected chi connectivity index (χ2v) is 7.48. The first-order valence-electron chi connectivity index (χ1n) is 10.6. The molecule has 0 radical (unpaired) electrons. The minimum absolute atomic E-state index is 0.0747. The van der Waals surface area contributed by atoms with E-state index in [9.17, 15) is 4.79 Å². The van der Waals surface area contributed by atoms with Crippen LogP contribution >= 0.6 is 0 Å². The Bertz CT molecular complexity index is 774. The van der Waals surface area contributed by atoms with Crippen LogP contribution in [0.4, 0.5) is 5.69 Å². The van der Waals surface area contributed by atoms with Crippen molar-refractivity contribution in [1.82, 2.24) is 15.3 Å². The Labute approximate surface area is 167 Å². The van der Waals surface area contributed by atoms with Gasteiger partial charge in [-0.15, -0.1) is 0 Å². The van der Waals surface area contributed by atoms with Crippen molar-refractivity contribution in [2.75, 3.05) is 31.6 Å². The molecule has 0 aliphatic carbocycles. The van der Waals surface area contributed by atoms with Gasteiger partial charge in [-0.05, 0) is 44.5 Å². The van der Waals surface area contributed by atoms with E-state index >= 15 is 0 Å². The van der Waals surface area contributed by atoms with Crippen molar-refractivity contribution >= 4 is 22.6 Å². The largest absolute Gasteiger partial charge is 0.481 e. The van der Waals surface area contributed by atoms with Crippen LogP contribution in [0, 0.1) is 5.92 Å².